The van der Waals surface area contributed by atoms with Crippen LogP contribution in [0, 0.1) is 138 Å². The standard InChI is InChI=1S/C63H70N6O4.2C2H6/c1-28-32(5)40(13)54(41(14)33(28)6)60-64-58(65-61(68-60)55-42(15)34(7)29(2)35(8)43(55)16)50-23-21-48(25-52(50)70)72-27-73-49-22-24-51(53(71)26-49)59-66-62(56-44(17)36(9)30(3)37(10)45(56)18)69-63(67-59)57-46(19)38(11)31(4)39(12)47(57)20;2*1-2/h21-26,70-71H,27H2,1-20H3;2*1-2H3. The molecule has 0 unspecified atom stereocenters. The van der Waals surface area contributed by atoms with Crippen LogP contribution in [0.4, 0.5) is 0 Å². The van der Waals surface area contributed by atoms with Crippen molar-refractivity contribution in [1.82, 2.24) is 29.9 Å². The maximum absolute atomic E-state index is 11.7. The molecule has 0 saturated heterocycles. The van der Waals surface area contributed by atoms with Gasteiger partial charge in [-0.05, 0) is 274 Å². The first-order valence-electron chi connectivity index (χ1n) is 27.1. The average Bonchev–Trinajstić information content (AvgIpc) is 3.44. The molecule has 8 rings (SSSR count). The predicted molar refractivity (Wildman–Crippen MR) is 319 cm³/mol. The van der Waals surface area contributed by atoms with Gasteiger partial charge in [0, 0.05) is 34.4 Å². The normalized spacial score (nSPS) is 11.0. The van der Waals surface area contributed by atoms with Crippen molar-refractivity contribution in [1.29, 1.82) is 0 Å². The molecule has 2 aromatic heterocycles. The summed E-state index contributed by atoms with van der Waals surface area (Å²) in [5.41, 5.74) is 28.2. The summed E-state index contributed by atoms with van der Waals surface area (Å²) < 4.78 is 12.1. The highest BCUT2D eigenvalue weighted by atomic mass is 16.7. The Hall–Kier alpha value is -7.46. The summed E-state index contributed by atoms with van der Waals surface area (Å²) in [7, 11) is 0. The van der Waals surface area contributed by atoms with Gasteiger partial charge in [-0.1, -0.05) is 27.7 Å². The average molecular weight is 1040 g/mol. The predicted octanol–water partition coefficient (Wildman–Crippen LogP) is 17.1. The topological polar surface area (TPSA) is 136 Å². The SMILES string of the molecule is CC.CC.Cc1c(C)c(C)c(-c2nc(-c3ccc(OCOc4ccc(-c5nc(-c6c(C)c(C)c(C)c(C)c6C)nc(-c6c(C)c(C)c(C)c(C)c6C)n5)c(O)c4)cc3O)nc(-c3c(C)c(C)c(C)c(C)c3C)n2)c(C)c1C. The van der Waals surface area contributed by atoms with Crippen molar-refractivity contribution in [2.24, 2.45) is 0 Å². The van der Waals surface area contributed by atoms with E-state index in [4.69, 9.17) is 39.4 Å². The van der Waals surface area contributed by atoms with Crippen molar-refractivity contribution >= 4 is 0 Å². The molecule has 2 heterocycles. The number of aromatic nitrogens is 6. The number of aromatic hydroxyl groups is 2. The van der Waals surface area contributed by atoms with Crippen LogP contribution in [-0.2, 0) is 0 Å². The lowest BCUT2D eigenvalue weighted by molar-refractivity contribution is 0.119. The Bertz CT molecular complexity index is 3100. The Morgan fingerprint density at radius 2 is 0.455 bits per heavy atom. The van der Waals surface area contributed by atoms with E-state index in [1.165, 1.54) is 78.9 Å². The van der Waals surface area contributed by atoms with Crippen molar-refractivity contribution in [3.05, 3.63) is 148 Å². The van der Waals surface area contributed by atoms with E-state index >= 15 is 0 Å². The molecule has 77 heavy (non-hydrogen) atoms. The molecule has 404 valence electrons. The van der Waals surface area contributed by atoms with Crippen LogP contribution < -0.4 is 9.47 Å². The van der Waals surface area contributed by atoms with Crippen LogP contribution in [0.5, 0.6) is 23.0 Å². The highest BCUT2D eigenvalue weighted by Crippen LogP contribution is 2.42. The fourth-order valence-corrected chi connectivity index (χ4v) is 10.5. The van der Waals surface area contributed by atoms with Crippen molar-refractivity contribution in [2.75, 3.05) is 6.79 Å². The third kappa shape index (κ3) is 10.7. The van der Waals surface area contributed by atoms with E-state index in [-0.39, 0.29) is 18.3 Å². The molecule has 10 heteroatoms. The Balaban J connectivity index is 0.00000235. The summed E-state index contributed by atoms with van der Waals surface area (Å²) in [6.07, 6.45) is 0. The molecule has 0 aliphatic rings. The van der Waals surface area contributed by atoms with Crippen molar-refractivity contribution in [2.45, 2.75) is 166 Å². The third-order valence-electron chi connectivity index (χ3n) is 17.0. The second kappa shape index (κ2) is 23.4. The van der Waals surface area contributed by atoms with E-state index in [9.17, 15) is 10.2 Å². The smallest absolute Gasteiger partial charge is 0.230 e. The molecule has 0 bridgehead atoms. The molecule has 2 N–H and O–H groups in total. The minimum atomic E-state index is -0.206. The van der Waals surface area contributed by atoms with Gasteiger partial charge in [-0.2, -0.15) is 0 Å². The Labute approximate surface area is 459 Å². The summed E-state index contributed by atoms with van der Waals surface area (Å²) in [5.74, 6) is 3.53. The molecule has 10 nitrogen and oxygen atoms in total. The van der Waals surface area contributed by atoms with Gasteiger partial charge < -0.3 is 19.7 Å². The molecule has 0 radical (unpaired) electrons. The zero-order chi connectivity index (χ0) is 57.4. The van der Waals surface area contributed by atoms with Gasteiger partial charge in [0.05, 0.1) is 11.1 Å². The van der Waals surface area contributed by atoms with Gasteiger partial charge in [-0.25, -0.2) is 29.9 Å². The van der Waals surface area contributed by atoms with Crippen LogP contribution in [0.3, 0.4) is 0 Å². The van der Waals surface area contributed by atoms with Crippen LogP contribution in [-0.4, -0.2) is 46.9 Å². The highest BCUT2D eigenvalue weighted by Gasteiger charge is 2.26. The number of phenols is 2. The quantitative estimate of drug-likeness (QED) is 0.127. The molecular weight excluding hydrogens is 953 g/mol. The highest BCUT2D eigenvalue weighted by molar-refractivity contribution is 5.79. The maximum atomic E-state index is 11.7. The first-order valence-corrected chi connectivity index (χ1v) is 27.1. The fraction of sp³-hybridized carbons (Fsp3) is 0.373. The van der Waals surface area contributed by atoms with Gasteiger partial charge >= 0.3 is 0 Å². The largest absolute Gasteiger partial charge is 0.507 e. The summed E-state index contributed by atoms with van der Waals surface area (Å²) in [4.78, 5) is 30.7. The zero-order valence-electron chi connectivity index (χ0n) is 50.6. The molecule has 6 aromatic carbocycles. The number of hydrogen-bond acceptors (Lipinski definition) is 10. The minimum Gasteiger partial charge on any atom is -0.507 e. The van der Waals surface area contributed by atoms with E-state index in [1.54, 1.807) is 24.3 Å². The number of benzene rings is 6. The van der Waals surface area contributed by atoms with Crippen molar-refractivity contribution in [3.63, 3.8) is 0 Å². The van der Waals surface area contributed by atoms with Gasteiger partial charge in [0.25, 0.3) is 0 Å². The Morgan fingerprint density at radius 1 is 0.273 bits per heavy atom. The number of nitrogens with zero attached hydrogens (tertiary/aromatic N) is 6. The van der Waals surface area contributed by atoms with Gasteiger partial charge in [-0.15, -0.1) is 0 Å². The number of phenolic OH excluding ortho intramolecular Hbond substituents is 2. The number of hydrogen-bond donors (Lipinski definition) is 2. The summed E-state index contributed by atoms with van der Waals surface area (Å²) in [6, 6.07) is 10.1. The van der Waals surface area contributed by atoms with Crippen LogP contribution in [0.25, 0.3) is 68.3 Å². The third-order valence-corrected chi connectivity index (χ3v) is 17.0. The molecule has 8 aromatic rings. The molecule has 0 amide bonds. The molecule has 0 fully saturated rings. The van der Waals surface area contributed by atoms with E-state index in [2.05, 4.69) is 138 Å². The first-order chi connectivity index (χ1) is 36.3. The monoisotopic (exact) mass is 1030 g/mol. The summed E-state index contributed by atoms with van der Waals surface area (Å²) in [5, 5.41) is 23.4. The first kappa shape index (κ1) is 58.8. The second-order valence-corrected chi connectivity index (χ2v) is 20.4. The van der Waals surface area contributed by atoms with Crippen molar-refractivity contribution in [3.8, 4) is 91.3 Å². The lowest BCUT2D eigenvalue weighted by atomic mass is 9.88. The molecule has 0 saturated carbocycles. The van der Waals surface area contributed by atoms with Crippen LogP contribution >= 0.6 is 0 Å². The Kier molecular flexibility index (Phi) is 17.9. The number of rotatable bonds is 10. The van der Waals surface area contributed by atoms with E-state index < -0.39 is 0 Å². The molecule has 0 atom stereocenters. The minimum absolute atomic E-state index is 0.0594. The van der Waals surface area contributed by atoms with Crippen LogP contribution in [0.15, 0.2) is 36.4 Å². The second-order valence-electron chi connectivity index (χ2n) is 20.4. The summed E-state index contributed by atoms with van der Waals surface area (Å²) in [6.45, 7) is 50.5. The van der Waals surface area contributed by atoms with E-state index in [0.717, 1.165) is 66.8 Å². The van der Waals surface area contributed by atoms with E-state index in [1.807, 2.05) is 27.7 Å². The fourth-order valence-electron chi connectivity index (χ4n) is 10.5. The van der Waals surface area contributed by atoms with Gasteiger partial charge in [0.1, 0.15) is 23.0 Å². The van der Waals surface area contributed by atoms with E-state index in [0.29, 0.717) is 57.6 Å². The summed E-state index contributed by atoms with van der Waals surface area (Å²) >= 11 is 0. The molecule has 0 aliphatic heterocycles. The lowest BCUT2D eigenvalue weighted by Gasteiger charge is -2.21. The van der Waals surface area contributed by atoms with Gasteiger partial charge in [-0.3, -0.25) is 0 Å². The van der Waals surface area contributed by atoms with Gasteiger partial charge in [0.2, 0.25) is 6.79 Å². The van der Waals surface area contributed by atoms with Crippen molar-refractivity contribution < 1.29 is 19.7 Å². The zero-order valence-corrected chi connectivity index (χ0v) is 50.6. The maximum Gasteiger partial charge on any atom is 0.230 e. The van der Waals surface area contributed by atoms with Crippen LogP contribution in [0.1, 0.15) is 139 Å². The van der Waals surface area contributed by atoms with Crippen LogP contribution in [0.2, 0.25) is 0 Å². The Morgan fingerprint density at radius 3 is 0.649 bits per heavy atom. The van der Waals surface area contributed by atoms with Gasteiger partial charge in [0.15, 0.2) is 34.9 Å². The molecule has 0 spiro atoms. The molecular formula is C67H82N6O4. The lowest BCUT2D eigenvalue weighted by Crippen LogP contribution is -2.08. The molecule has 0 aliphatic carbocycles. The number of ether oxygens (including phenoxy) is 2.